The number of H-pyrrole nitrogens is 1. The Morgan fingerprint density at radius 2 is 1.75 bits per heavy atom. The second-order valence-corrected chi connectivity index (χ2v) is 7.54. The van der Waals surface area contributed by atoms with E-state index in [2.05, 4.69) is 9.98 Å². The summed E-state index contributed by atoms with van der Waals surface area (Å²) in [4.78, 5) is 19.5. The van der Waals surface area contributed by atoms with Crippen LogP contribution in [0.25, 0.3) is 17.8 Å². The maximum atomic E-state index is 12.6. The summed E-state index contributed by atoms with van der Waals surface area (Å²) in [6, 6.07) is 22.1. The third kappa shape index (κ3) is 3.77. The van der Waals surface area contributed by atoms with Crippen molar-refractivity contribution in [2.24, 2.45) is 4.99 Å². The molecule has 0 fully saturated rings. The van der Waals surface area contributed by atoms with Crippen LogP contribution in [0.3, 0.4) is 0 Å². The van der Waals surface area contributed by atoms with Crippen LogP contribution < -0.4 is 20.7 Å². The number of aliphatic imine (C=N–C) groups is 1. The predicted molar refractivity (Wildman–Crippen MR) is 127 cm³/mol. The number of para-hydroxylation sites is 1. The molecular weight excluding hydrogens is 422 g/mol. The van der Waals surface area contributed by atoms with Crippen LogP contribution in [0.5, 0.6) is 17.4 Å². The standard InChI is InChI=1S/C25H17N3O3S/c29-23-21(14-16-6-7-17-12-13-26-22(17)15-16)24(30)28(25(32)27-23)18-8-10-20(11-9-18)31-19-4-2-1-3-5-19/h1-15,30H,(H,27,29,32). The van der Waals surface area contributed by atoms with E-state index in [-0.39, 0.29) is 16.2 Å². The van der Waals surface area contributed by atoms with Crippen molar-refractivity contribution in [1.82, 2.24) is 9.55 Å². The van der Waals surface area contributed by atoms with Crippen molar-refractivity contribution in [2.45, 2.75) is 0 Å². The molecule has 0 unspecified atom stereocenters. The van der Waals surface area contributed by atoms with Gasteiger partial charge in [0.1, 0.15) is 17.1 Å². The molecular formula is C25H17N3O3S. The third-order valence-corrected chi connectivity index (χ3v) is 5.31. The van der Waals surface area contributed by atoms with E-state index in [1.807, 2.05) is 54.6 Å². The van der Waals surface area contributed by atoms with E-state index < -0.39 is 5.56 Å². The first-order chi connectivity index (χ1) is 15.6. The first kappa shape index (κ1) is 19.7. The fourth-order valence-corrected chi connectivity index (χ4v) is 3.75. The SMILES string of the molecule is O=c1[nH]c(=S)n(-c2ccc(Oc3ccccc3)cc2)c(O)c1C=c1ccc2c(c1)N=CC=2. The second-order valence-electron chi connectivity index (χ2n) is 7.15. The molecule has 0 atom stereocenters. The fourth-order valence-electron chi connectivity index (χ4n) is 3.46. The van der Waals surface area contributed by atoms with E-state index in [1.54, 1.807) is 36.6 Å². The van der Waals surface area contributed by atoms with Crippen molar-refractivity contribution >= 4 is 36.3 Å². The predicted octanol–water partition coefficient (Wildman–Crippen LogP) is 3.72. The van der Waals surface area contributed by atoms with Crippen molar-refractivity contribution in [3.63, 3.8) is 0 Å². The van der Waals surface area contributed by atoms with Gasteiger partial charge in [-0.2, -0.15) is 0 Å². The number of aromatic nitrogens is 2. The van der Waals surface area contributed by atoms with Crippen LogP contribution in [-0.4, -0.2) is 20.9 Å². The molecule has 1 aromatic heterocycles. The smallest absolute Gasteiger partial charge is 0.262 e. The molecule has 5 rings (SSSR count). The van der Waals surface area contributed by atoms with Gasteiger partial charge in [0.2, 0.25) is 5.88 Å². The van der Waals surface area contributed by atoms with E-state index in [4.69, 9.17) is 17.0 Å². The largest absolute Gasteiger partial charge is 0.494 e. The van der Waals surface area contributed by atoms with Crippen LogP contribution in [0.1, 0.15) is 5.56 Å². The van der Waals surface area contributed by atoms with Gasteiger partial charge in [0.25, 0.3) is 5.56 Å². The Morgan fingerprint density at radius 1 is 1.00 bits per heavy atom. The van der Waals surface area contributed by atoms with Crippen LogP contribution in [0.2, 0.25) is 0 Å². The lowest BCUT2D eigenvalue weighted by Crippen LogP contribution is -2.18. The molecule has 156 valence electrons. The summed E-state index contributed by atoms with van der Waals surface area (Å²) >= 11 is 5.31. The number of ether oxygens (including phenoxy) is 1. The summed E-state index contributed by atoms with van der Waals surface area (Å²) in [5.74, 6) is 1.11. The zero-order valence-corrected chi connectivity index (χ0v) is 17.5. The molecule has 4 aromatic rings. The van der Waals surface area contributed by atoms with Gasteiger partial charge in [-0.15, -0.1) is 0 Å². The Bertz CT molecular complexity index is 1590. The Morgan fingerprint density at radius 3 is 2.53 bits per heavy atom. The van der Waals surface area contributed by atoms with Gasteiger partial charge in [-0.05, 0) is 72.1 Å². The molecule has 1 aliphatic heterocycles. The first-order valence-electron chi connectivity index (χ1n) is 9.86. The molecule has 3 aromatic carbocycles. The zero-order valence-electron chi connectivity index (χ0n) is 16.7. The monoisotopic (exact) mass is 439 g/mol. The van der Waals surface area contributed by atoms with Gasteiger partial charge in [0, 0.05) is 11.4 Å². The Hall–Kier alpha value is -4.23. The molecule has 1 aliphatic rings. The zero-order chi connectivity index (χ0) is 22.1. The molecule has 2 N–H and O–H groups in total. The maximum absolute atomic E-state index is 12.6. The molecule has 32 heavy (non-hydrogen) atoms. The number of fused-ring (bicyclic) bond motifs is 1. The average Bonchev–Trinajstić information content (AvgIpc) is 3.26. The molecule has 0 radical (unpaired) electrons. The summed E-state index contributed by atoms with van der Waals surface area (Å²) in [6.07, 6.45) is 5.25. The average molecular weight is 439 g/mol. The van der Waals surface area contributed by atoms with Gasteiger partial charge >= 0.3 is 0 Å². The number of nitrogens with one attached hydrogen (secondary N) is 1. The van der Waals surface area contributed by atoms with Gasteiger partial charge in [-0.3, -0.25) is 19.3 Å². The molecule has 0 aliphatic carbocycles. The van der Waals surface area contributed by atoms with Crippen LogP contribution in [-0.2, 0) is 0 Å². The van der Waals surface area contributed by atoms with Crippen molar-refractivity contribution in [2.75, 3.05) is 0 Å². The van der Waals surface area contributed by atoms with E-state index >= 15 is 0 Å². The molecule has 0 saturated heterocycles. The van der Waals surface area contributed by atoms with Crippen molar-refractivity contribution in [1.29, 1.82) is 0 Å². The lowest BCUT2D eigenvalue weighted by molar-refractivity contribution is 0.431. The summed E-state index contributed by atoms with van der Waals surface area (Å²) in [6.45, 7) is 0. The highest BCUT2D eigenvalue weighted by atomic mass is 32.1. The minimum atomic E-state index is -0.469. The Kier molecular flexibility index (Phi) is 5.01. The highest BCUT2D eigenvalue weighted by molar-refractivity contribution is 7.71. The first-order valence-corrected chi connectivity index (χ1v) is 10.3. The number of rotatable bonds is 4. The van der Waals surface area contributed by atoms with Gasteiger partial charge in [-0.25, -0.2) is 0 Å². The van der Waals surface area contributed by atoms with Gasteiger partial charge in [0.05, 0.1) is 11.4 Å². The summed E-state index contributed by atoms with van der Waals surface area (Å²) < 4.78 is 7.32. The van der Waals surface area contributed by atoms with Gasteiger partial charge in [-0.1, -0.05) is 30.3 Å². The van der Waals surface area contributed by atoms with E-state index in [0.717, 1.165) is 21.9 Å². The molecule has 7 heteroatoms. The van der Waals surface area contributed by atoms with Crippen LogP contribution in [0, 0.1) is 4.77 Å². The normalized spacial score (nSPS) is 12.4. The molecule has 0 saturated carbocycles. The Balaban J connectivity index is 1.55. The van der Waals surface area contributed by atoms with Gasteiger partial charge in [0.15, 0.2) is 4.77 Å². The summed E-state index contributed by atoms with van der Waals surface area (Å²) in [5, 5.41) is 12.7. The number of hydrogen-bond acceptors (Lipinski definition) is 5. The number of aromatic amines is 1. The quantitative estimate of drug-likeness (QED) is 0.475. The lowest BCUT2D eigenvalue weighted by Gasteiger charge is -2.12. The summed E-state index contributed by atoms with van der Waals surface area (Å²) in [7, 11) is 0. The minimum absolute atomic E-state index is 0.0922. The maximum Gasteiger partial charge on any atom is 0.262 e. The van der Waals surface area contributed by atoms with Gasteiger partial charge < -0.3 is 9.84 Å². The highest BCUT2D eigenvalue weighted by Gasteiger charge is 2.12. The highest BCUT2D eigenvalue weighted by Crippen LogP contribution is 2.25. The molecule has 0 spiro atoms. The lowest BCUT2D eigenvalue weighted by atomic mass is 10.2. The molecule has 0 amide bonds. The number of benzene rings is 3. The number of hydrogen-bond donors (Lipinski definition) is 2. The van der Waals surface area contributed by atoms with Crippen LogP contribution in [0.4, 0.5) is 5.69 Å². The second kappa shape index (κ2) is 8.13. The van der Waals surface area contributed by atoms with Crippen molar-refractivity contribution in [3.8, 4) is 23.1 Å². The number of nitrogens with zero attached hydrogens (tertiary/aromatic N) is 2. The third-order valence-electron chi connectivity index (χ3n) is 5.03. The van der Waals surface area contributed by atoms with E-state index in [0.29, 0.717) is 11.4 Å². The van der Waals surface area contributed by atoms with Crippen molar-refractivity contribution in [3.05, 3.63) is 104 Å². The van der Waals surface area contributed by atoms with E-state index in [1.165, 1.54) is 4.57 Å². The van der Waals surface area contributed by atoms with E-state index in [9.17, 15) is 9.90 Å². The Labute approximate surface area is 187 Å². The molecule has 0 bridgehead atoms. The van der Waals surface area contributed by atoms with Crippen molar-refractivity contribution < 1.29 is 9.84 Å². The van der Waals surface area contributed by atoms with Crippen LogP contribution in [0.15, 0.2) is 82.6 Å². The minimum Gasteiger partial charge on any atom is -0.494 e. The molecule has 2 heterocycles. The fraction of sp³-hybridized carbons (Fsp3) is 0. The topological polar surface area (TPSA) is 79.6 Å². The molecule has 6 nitrogen and oxygen atoms in total. The number of aromatic hydroxyl groups is 1. The summed E-state index contributed by atoms with van der Waals surface area (Å²) in [5.41, 5.74) is 1.04. The van der Waals surface area contributed by atoms with Crippen LogP contribution >= 0.6 is 12.2 Å².